The summed E-state index contributed by atoms with van der Waals surface area (Å²) in [5.41, 5.74) is 2.15. The molecular weight excluding hydrogens is 390 g/mol. The molecule has 0 saturated carbocycles. The van der Waals surface area contributed by atoms with Crippen molar-refractivity contribution in [3.8, 4) is 22.8 Å². The Morgan fingerprint density at radius 3 is 1.84 bits per heavy atom. The summed E-state index contributed by atoms with van der Waals surface area (Å²) < 4.78 is 23.3. The molecule has 0 atom stereocenters. The molecule has 5 heteroatoms. The van der Waals surface area contributed by atoms with Crippen molar-refractivity contribution in [3.05, 3.63) is 42.6 Å². The van der Waals surface area contributed by atoms with Crippen LogP contribution in [0.2, 0.25) is 0 Å². The molecule has 31 heavy (non-hydrogen) atoms. The molecule has 172 valence electrons. The molecule has 0 radical (unpaired) electrons. The third-order valence-corrected chi connectivity index (χ3v) is 4.87. The zero-order valence-corrected chi connectivity index (χ0v) is 19.5. The molecule has 0 amide bonds. The smallest absolute Gasteiger partial charge is 0.213 e. The Morgan fingerprint density at radius 1 is 0.710 bits per heavy atom. The summed E-state index contributed by atoms with van der Waals surface area (Å²) in [7, 11) is 0. The molecule has 0 spiro atoms. The number of hydrogen-bond donors (Lipinski definition) is 0. The first-order chi connectivity index (χ1) is 15.3. The zero-order chi connectivity index (χ0) is 22.2. The average molecular weight is 430 g/mol. The standard InChI is InChI=1S/C26H39NO4/c1-4-7-16-28-20-25(21-29-17-8-5-2)31-26-15-12-23(19-27-26)22-10-13-24(14-11-22)30-18-9-6-3/h10-15,19,25H,4-9,16-18,20-21H2,1-3H3. The van der Waals surface area contributed by atoms with E-state index in [4.69, 9.17) is 18.9 Å². The average Bonchev–Trinajstić information content (AvgIpc) is 2.80. The van der Waals surface area contributed by atoms with E-state index in [-0.39, 0.29) is 6.10 Å². The van der Waals surface area contributed by atoms with E-state index < -0.39 is 0 Å². The van der Waals surface area contributed by atoms with Crippen LogP contribution in [0, 0.1) is 0 Å². The van der Waals surface area contributed by atoms with Crippen LogP contribution in [0.15, 0.2) is 42.6 Å². The summed E-state index contributed by atoms with van der Waals surface area (Å²) in [6.07, 6.45) is 8.23. The fourth-order valence-corrected chi connectivity index (χ4v) is 2.91. The minimum absolute atomic E-state index is 0.161. The maximum absolute atomic E-state index is 6.06. The fraction of sp³-hybridized carbons (Fsp3) is 0.577. The Hall–Kier alpha value is -2.11. The lowest BCUT2D eigenvalue weighted by atomic mass is 10.1. The van der Waals surface area contributed by atoms with Gasteiger partial charge in [0.2, 0.25) is 5.88 Å². The molecule has 1 aromatic carbocycles. The highest BCUT2D eigenvalue weighted by Gasteiger charge is 2.13. The first-order valence-electron chi connectivity index (χ1n) is 11.8. The van der Waals surface area contributed by atoms with Gasteiger partial charge in [0, 0.05) is 31.0 Å². The monoisotopic (exact) mass is 429 g/mol. The summed E-state index contributed by atoms with van der Waals surface area (Å²) >= 11 is 0. The summed E-state index contributed by atoms with van der Waals surface area (Å²) in [6, 6.07) is 12.1. The number of nitrogens with zero attached hydrogens (tertiary/aromatic N) is 1. The predicted octanol–water partition coefficient (Wildman–Crippen LogP) is 6.31. The molecule has 2 rings (SSSR count). The molecule has 1 heterocycles. The number of benzene rings is 1. The Labute approximate surface area is 188 Å². The van der Waals surface area contributed by atoms with Gasteiger partial charge in [-0.25, -0.2) is 4.98 Å². The maximum Gasteiger partial charge on any atom is 0.213 e. The Kier molecular flexibility index (Phi) is 12.7. The van der Waals surface area contributed by atoms with Gasteiger partial charge in [0.25, 0.3) is 0 Å². The maximum atomic E-state index is 6.06. The first kappa shape index (κ1) is 25.2. The lowest BCUT2D eigenvalue weighted by Crippen LogP contribution is -2.29. The van der Waals surface area contributed by atoms with Crippen molar-refractivity contribution in [1.82, 2.24) is 4.98 Å². The molecule has 0 fully saturated rings. The molecule has 0 N–H and O–H groups in total. The number of rotatable bonds is 17. The van der Waals surface area contributed by atoms with Crippen molar-refractivity contribution in [2.24, 2.45) is 0 Å². The van der Waals surface area contributed by atoms with E-state index >= 15 is 0 Å². The van der Waals surface area contributed by atoms with Crippen LogP contribution in [-0.4, -0.2) is 44.1 Å². The van der Waals surface area contributed by atoms with Gasteiger partial charge in [0.1, 0.15) is 11.9 Å². The molecular formula is C26H39NO4. The van der Waals surface area contributed by atoms with E-state index in [0.29, 0.717) is 19.1 Å². The van der Waals surface area contributed by atoms with Crippen LogP contribution in [0.5, 0.6) is 11.6 Å². The summed E-state index contributed by atoms with van der Waals surface area (Å²) in [5.74, 6) is 1.49. The van der Waals surface area contributed by atoms with Crippen LogP contribution in [-0.2, 0) is 9.47 Å². The van der Waals surface area contributed by atoms with Crippen LogP contribution in [0.25, 0.3) is 11.1 Å². The second kappa shape index (κ2) is 15.7. The van der Waals surface area contributed by atoms with Crippen molar-refractivity contribution in [3.63, 3.8) is 0 Å². The third-order valence-electron chi connectivity index (χ3n) is 4.87. The molecule has 0 bridgehead atoms. The molecule has 5 nitrogen and oxygen atoms in total. The van der Waals surface area contributed by atoms with Gasteiger partial charge < -0.3 is 18.9 Å². The van der Waals surface area contributed by atoms with Gasteiger partial charge >= 0.3 is 0 Å². The van der Waals surface area contributed by atoms with Crippen molar-refractivity contribution < 1.29 is 18.9 Å². The van der Waals surface area contributed by atoms with E-state index in [1.807, 2.05) is 30.5 Å². The number of aromatic nitrogens is 1. The molecule has 0 saturated heterocycles. The number of unbranched alkanes of at least 4 members (excludes halogenated alkanes) is 3. The van der Waals surface area contributed by atoms with Gasteiger partial charge in [-0.1, -0.05) is 52.2 Å². The fourth-order valence-electron chi connectivity index (χ4n) is 2.91. The predicted molar refractivity (Wildman–Crippen MR) is 126 cm³/mol. The van der Waals surface area contributed by atoms with E-state index in [0.717, 1.165) is 75.2 Å². The zero-order valence-electron chi connectivity index (χ0n) is 19.5. The molecule has 0 aliphatic rings. The van der Waals surface area contributed by atoms with Gasteiger partial charge in [0.15, 0.2) is 0 Å². The third kappa shape index (κ3) is 10.2. The van der Waals surface area contributed by atoms with Crippen LogP contribution in [0.3, 0.4) is 0 Å². The minimum Gasteiger partial charge on any atom is -0.494 e. The number of hydrogen-bond acceptors (Lipinski definition) is 5. The van der Waals surface area contributed by atoms with Crippen LogP contribution < -0.4 is 9.47 Å². The van der Waals surface area contributed by atoms with Crippen molar-refractivity contribution in [2.45, 2.75) is 65.4 Å². The molecule has 0 aliphatic carbocycles. The highest BCUT2D eigenvalue weighted by atomic mass is 16.6. The molecule has 1 aromatic heterocycles. The van der Waals surface area contributed by atoms with E-state index in [9.17, 15) is 0 Å². The van der Waals surface area contributed by atoms with Gasteiger partial charge in [-0.3, -0.25) is 0 Å². The minimum atomic E-state index is -0.161. The Bertz CT molecular complexity index is 676. The lowest BCUT2D eigenvalue weighted by molar-refractivity contribution is -0.00913. The van der Waals surface area contributed by atoms with E-state index in [2.05, 4.69) is 37.9 Å². The van der Waals surface area contributed by atoms with Gasteiger partial charge in [-0.05, 0) is 43.0 Å². The normalized spacial score (nSPS) is 11.1. The Morgan fingerprint density at radius 2 is 1.29 bits per heavy atom. The summed E-state index contributed by atoms with van der Waals surface area (Å²) in [4.78, 5) is 4.50. The lowest BCUT2D eigenvalue weighted by Gasteiger charge is -2.19. The SMILES string of the molecule is CCCCOCC(COCCCC)Oc1ccc(-c2ccc(OCCCC)cc2)cn1. The van der Waals surface area contributed by atoms with Crippen LogP contribution >= 0.6 is 0 Å². The van der Waals surface area contributed by atoms with Crippen molar-refractivity contribution >= 4 is 0 Å². The van der Waals surface area contributed by atoms with E-state index in [1.54, 1.807) is 0 Å². The summed E-state index contributed by atoms with van der Waals surface area (Å²) in [5, 5.41) is 0. The topological polar surface area (TPSA) is 49.8 Å². The van der Waals surface area contributed by atoms with E-state index in [1.165, 1.54) is 0 Å². The van der Waals surface area contributed by atoms with Crippen molar-refractivity contribution in [1.29, 1.82) is 0 Å². The molecule has 0 aliphatic heterocycles. The van der Waals surface area contributed by atoms with Crippen molar-refractivity contribution in [2.75, 3.05) is 33.0 Å². The highest BCUT2D eigenvalue weighted by Crippen LogP contribution is 2.23. The van der Waals surface area contributed by atoms with Gasteiger partial charge in [-0.2, -0.15) is 0 Å². The Balaban J connectivity index is 1.90. The van der Waals surface area contributed by atoms with Crippen LogP contribution in [0.4, 0.5) is 0 Å². The number of ether oxygens (including phenoxy) is 4. The van der Waals surface area contributed by atoms with Gasteiger partial charge in [0.05, 0.1) is 19.8 Å². The first-order valence-corrected chi connectivity index (χ1v) is 11.8. The highest BCUT2D eigenvalue weighted by molar-refractivity contribution is 5.63. The van der Waals surface area contributed by atoms with Crippen LogP contribution in [0.1, 0.15) is 59.3 Å². The second-order valence-electron chi connectivity index (χ2n) is 7.71. The molecule has 0 unspecified atom stereocenters. The largest absolute Gasteiger partial charge is 0.494 e. The second-order valence-corrected chi connectivity index (χ2v) is 7.71. The summed E-state index contributed by atoms with van der Waals surface area (Å²) in [6.45, 7) is 9.74. The molecule has 2 aromatic rings. The number of pyridine rings is 1. The van der Waals surface area contributed by atoms with Gasteiger partial charge in [-0.15, -0.1) is 0 Å². The quantitative estimate of drug-likeness (QED) is 0.276.